The van der Waals surface area contributed by atoms with Crippen LogP contribution in [0.5, 0.6) is 11.5 Å². The molecule has 0 spiro atoms. The molecule has 9 heteroatoms. The maximum absolute atomic E-state index is 12.8. The Morgan fingerprint density at radius 2 is 1.45 bits per heavy atom. The monoisotopic (exact) mass is 576 g/mol. The molecule has 3 aromatic carbocycles. The van der Waals surface area contributed by atoms with Crippen LogP contribution in [0.1, 0.15) is 29.0 Å². The number of methoxy groups -OCH3 is 1. The van der Waals surface area contributed by atoms with Crippen molar-refractivity contribution in [3.05, 3.63) is 106 Å². The summed E-state index contributed by atoms with van der Waals surface area (Å²) in [5.74, 6) is 3.78. The van der Waals surface area contributed by atoms with Gasteiger partial charge in [-0.25, -0.2) is 0 Å². The van der Waals surface area contributed by atoms with Crippen LogP contribution in [-0.4, -0.2) is 29.6 Å². The van der Waals surface area contributed by atoms with Crippen molar-refractivity contribution in [2.45, 2.75) is 23.3 Å². The predicted molar refractivity (Wildman–Crippen MR) is 150 cm³/mol. The molecule has 5 rings (SSSR count). The van der Waals surface area contributed by atoms with Crippen molar-refractivity contribution in [2.24, 2.45) is 0 Å². The summed E-state index contributed by atoms with van der Waals surface area (Å²) >= 11 is 9.78. The summed E-state index contributed by atoms with van der Waals surface area (Å²) in [6.45, 7) is 0. The maximum Gasteiger partial charge on any atom is 0.573 e. The molecule has 0 bridgehead atoms. The van der Waals surface area contributed by atoms with Gasteiger partial charge < -0.3 is 14.2 Å². The van der Waals surface area contributed by atoms with Crippen LogP contribution in [0.3, 0.4) is 0 Å². The third kappa shape index (κ3) is 6.30. The number of benzene rings is 3. The average molecular weight is 577 g/mol. The SMILES string of the molecule is COc1ccc(C2C=C(c3ccc(Cl)cc3)OC(C3SCCCS3)=C2c2ccc(OC(F)(F)F)cc2)cc1. The first-order valence-corrected chi connectivity index (χ1v) is 14.4. The molecule has 38 heavy (non-hydrogen) atoms. The highest BCUT2D eigenvalue weighted by atomic mass is 35.5. The first-order valence-electron chi connectivity index (χ1n) is 11.9. The second kappa shape index (κ2) is 11.6. The van der Waals surface area contributed by atoms with Crippen LogP contribution < -0.4 is 9.47 Å². The van der Waals surface area contributed by atoms with E-state index in [9.17, 15) is 13.2 Å². The maximum atomic E-state index is 12.8. The fourth-order valence-electron chi connectivity index (χ4n) is 4.41. The van der Waals surface area contributed by atoms with Gasteiger partial charge in [0.15, 0.2) is 0 Å². The molecule has 0 N–H and O–H groups in total. The number of alkyl halides is 3. The molecule has 2 aliphatic rings. The fourth-order valence-corrected chi connectivity index (χ4v) is 7.39. The minimum absolute atomic E-state index is 0.0431. The Morgan fingerprint density at radius 1 is 0.842 bits per heavy atom. The second-order valence-electron chi connectivity index (χ2n) is 8.67. The lowest BCUT2D eigenvalue weighted by Gasteiger charge is -2.33. The molecule has 0 amide bonds. The lowest BCUT2D eigenvalue weighted by Crippen LogP contribution is -2.19. The standard InChI is InChI=1S/C29H24ClF3O3S2/c1-34-22-11-5-18(6-12-22)24-17-25(19-3-9-21(30)10-4-19)35-27(28-37-15-2-16-38-28)26(24)20-7-13-23(14-8-20)36-29(31,32)33/h3-14,17,24,28H,2,15-16H2,1H3. The van der Waals surface area contributed by atoms with Gasteiger partial charge in [0.1, 0.15) is 27.6 Å². The molecule has 198 valence electrons. The topological polar surface area (TPSA) is 27.7 Å². The summed E-state index contributed by atoms with van der Waals surface area (Å²) in [6, 6.07) is 21.3. The summed E-state index contributed by atoms with van der Waals surface area (Å²) < 4.78 is 54.5. The van der Waals surface area contributed by atoms with Crippen LogP contribution in [-0.2, 0) is 4.74 Å². The number of hydrogen-bond donors (Lipinski definition) is 0. The number of rotatable bonds is 6. The van der Waals surface area contributed by atoms with E-state index in [1.165, 1.54) is 12.1 Å². The van der Waals surface area contributed by atoms with E-state index in [4.69, 9.17) is 21.1 Å². The zero-order chi connectivity index (χ0) is 26.7. The minimum Gasteiger partial charge on any atom is -0.497 e. The van der Waals surface area contributed by atoms with Crippen molar-refractivity contribution in [3.63, 3.8) is 0 Å². The lowest BCUT2D eigenvalue weighted by atomic mass is 9.83. The van der Waals surface area contributed by atoms with Crippen molar-refractivity contribution >= 4 is 46.5 Å². The van der Waals surface area contributed by atoms with Gasteiger partial charge in [-0.15, -0.1) is 36.7 Å². The normalized spacial score (nSPS) is 18.6. The molecule has 0 aliphatic carbocycles. The molecule has 0 aromatic heterocycles. The minimum atomic E-state index is -4.75. The highest BCUT2D eigenvalue weighted by Crippen LogP contribution is 2.49. The van der Waals surface area contributed by atoms with E-state index in [0.29, 0.717) is 10.8 Å². The van der Waals surface area contributed by atoms with Crippen LogP contribution in [0.15, 0.2) is 84.6 Å². The van der Waals surface area contributed by atoms with Gasteiger partial charge in [0.25, 0.3) is 0 Å². The Labute approximate surface area is 233 Å². The largest absolute Gasteiger partial charge is 0.573 e. The van der Waals surface area contributed by atoms with Crippen LogP contribution in [0.25, 0.3) is 11.3 Å². The van der Waals surface area contributed by atoms with Gasteiger partial charge in [0.2, 0.25) is 0 Å². The van der Waals surface area contributed by atoms with Crippen LogP contribution in [0.2, 0.25) is 5.02 Å². The molecule has 1 unspecified atom stereocenters. The van der Waals surface area contributed by atoms with Gasteiger partial charge in [-0.3, -0.25) is 0 Å². The summed E-state index contributed by atoms with van der Waals surface area (Å²) in [4.78, 5) is 0. The Bertz CT molecular complexity index is 1320. The van der Waals surface area contributed by atoms with E-state index < -0.39 is 6.36 Å². The Balaban J connectivity index is 1.64. The Kier molecular flexibility index (Phi) is 8.21. The molecular formula is C29H24ClF3O3S2. The van der Waals surface area contributed by atoms with Crippen molar-refractivity contribution in [3.8, 4) is 11.5 Å². The first kappa shape index (κ1) is 26.9. The molecular weight excluding hydrogens is 553 g/mol. The van der Waals surface area contributed by atoms with E-state index >= 15 is 0 Å². The molecule has 0 saturated carbocycles. The van der Waals surface area contributed by atoms with Crippen LogP contribution in [0, 0.1) is 0 Å². The number of allylic oxidation sites excluding steroid dienone is 2. The third-order valence-corrected chi connectivity index (χ3v) is 9.31. The van der Waals surface area contributed by atoms with Crippen LogP contribution in [0.4, 0.5) is 13.2 Å². The van der Waals surface area contributed by atoms with Gasteiger partial charge in [-0.1, -0.05) is 35.9 Å². The van der Waals surface area contributed by atoms with Crippen molar-refractivity contribution < 1.29 is 27.4 Å². The van der Waals surface area contributed by atoms with E-state index in [1.807, 2.05) is 72.1 Å². The van der Waals surface area contributed by atoms with Crippen molar-refractivity contribution in [1.29, 1.82) is 0 Å². The zero-order valence-corrected chi connectivity index (χ0v) is 22.7. The van der Waals surface area contributed by atoms with Gasteiger partial charge >= 0.3 is 6.36 Å². The number of ether oxygens (including phenoxy) is 3. The van der Waals surface area contributed by atoms with Crippen molar-refractivity contribution in [2.75, 3.05) is 18.6 Å². The zero-order valence-electron chi connectivity index (χ0n) is 20.3. The van der Waals surface area contributed by atoms with Crippen molar-refractivity contribution in [1.82, 2.24) is 0 Å². The molecule has 1 saturated heterocycles. The predicted octanol–water partition coefficient (Wildman–Crippen LogP) is 9.01. The van der Waals surface area contributed by atoms with E-state index in [0.717, 1.165) is 51.7 Å². The van der Waals surface area contributed by atoms with E-state index in [-0.39, 0.29) is 16.2 Å². The van der Waals surface area contributed by atoms with Gasteiger partial charge in [0.05, 0.1) is 7.11 Å². The summed E-state index contributed by atoms with van der Waals surface area (Å²) in [5, 5.41) is 0.632. The molecule has 2 aliphatic heterocycles. The quantitative estimate of drug-likeness (QED) is 0.292. The Morgan fingerprint density at radius 3 is 2.05 bits per heavy atom. The second-order valence-corrected chi connectivity index (χ2v) is 11.8. The molecule has 1 atom stereocenters. The van der Waals surface area contributed by atoms with E-state index in [1.54, 1.807) is 19.2 Å². The molecule has 3 aromatic rings. The number of thioether (sulfide) groups is 2. The highest BCUT2D eigenvalue weighted by Gasteiger charge is 2.34. The summed E-state index contributed by atoms with van der Waals surface area (Å²) in [6.07, 6.45) is -1.58. The summed E-state index contributed by atoms with van der Waals surface area (Å²) in [7, 11) is 1.62. The molecule has 1 fully saturated rings. The van der Waals surface area contributed by atoms with Crippen LogP contribution >= 0.6 is 35.1 Å². The molecule has 3 nitrogen and oxygen atoms in total. The van der Waals surface area contributed by atoms with Gasteiger partial charge in [0, 0.05) is 22.1 Å². The highest BCUT2D eigenvalue weighted by molar-refractivity contribution is 8.17. The summed E-state index contributed by atoms with van der Waals surface area (Å²) in [5.41, 5.74) is 3.59. The Hall–Kier alpha value is -2.68. The third-order valence-electron chi connectivity index (χ3n) is 6.16. The number of halogens is 4. The number of hydrogen-bond acceptors (Lipinski definition) is 5. The fraction of sp³-hybridized carbons (Fsp3) is 0.241. The van der Waals surface area contributed by atoms with Gasteiger partial charge in [-0.2, -0.15) is 0 Å². The lowest BCUT2D eigenvalue weighted by molar-refractivity contribution is -0.274. The average Bonchev–Trinajstić information content (AvgIpc) is 2.93. The first-order chi connectivity index (χ1) is 18.3. The van der Waals surface area contributed by atoms with Gasteiger partial charge in [-0.05, 0) is 83.7 Å². The molecule has 0 radical (unpaired) electrons. The smallest absolute Gasteiger partial charge is 0.497 e. The van der Waals surface area contributed by atoms with E-state index in [2.05, 4.69) is 10.8 Å². The molecule has 2 heterocycles.